The maximum absolute atomic E-state index is 9.21. The van der Waals surface area contributed by atoms with Crippen LogP contribution in [0.4, 0.5) is 0 Å². The highest BCUT2D eigenvalue weighted by molar-refractivity contribution is 5.28. The first-order valence-corrected chi connectivity index (χ1v) is 5.22. The summed E-state index contributed by atoms with van der Waals surface area (Å²) in [6, 6.07) is 7.47. The molecule has 2 rings (SSSR count). The maximum atomic E-state index is 9.21. The molecule has 3 nitrogen and oxygen atoms in total. The third kappa shape index (κ3) is 2.13. The first-order valence-electron chi connectivity index (χ1n) is 5.22. The van der Waals surface area contributed by atoms with E-state index in [-0.39, 0.29) is 23.6 Å². The number of aromatic hydroxyl groups is 1. The van der Waals surface area contributed by atoms with Crippen molar-refractivity contribution < 1.29 is 9.84 Å². The van der Waals surface area contributed by atoms with E-state index in [1.54, 1.807) is 12.1 Å². The van der Waals surface area contributed by atoms with Gasteiger partial charge in [-0.25, -0.2) is 0 Å². The summed E-state index contributed by atoms with van der Waals surface area (Å²) in [7, 11) is 0. The Morgan fingerprint density at radius 1 is 1.27 bits per heavy atom. The highest BCUT2D eigenvalue weighted by Crippen LogP contribution is 2.33. The lowest BCUT2D eigenvalue weighted by Crippen LogP contribution is -2.36. The number of ether oxygens (including phenoxy) is 1. The molecule has 1 heterocycles. The Bertz CT molecular complexity index is 345. The van der Waals surface area contributed by atoms with Crippen LogP contribution in [0, 0.1) is 0 Å². The summed E-state index contributed by atoms with van der Waals surface area (Å²) >= 11 is 0. The molecule has 0 aromatic heterocycles. The van der Waals surface area contributed by atoms with E-state index in [0.717, 1.165) is 5.56 Å². The van der Waals surface area contributed by atoms with Gasteiger partial charge in [-0.15, -0.1) is 0 Å². The predicted molar refractivity (Wildman–Crippen MR) is 58.6 cm³/mol. The van der Waals surface area contributed by atoms with Gasteiger partial charge in [0.1, 0.15) is 11.5 Å². The zero-order chi connectivity index (χ0) is 11.1. The van der Waals surface area contributed by atoms with E-state index in [4.69, 9.17) is 4.74 Å². The number of nitrogens with one attached hydrogen (secondary N) is 1. The van der Waals surface area contributed by atoms with Crippen molar-refractivity contribution in [3.05, 3.63) is 29.8 Å². The second-order valence-corrected chi connectivity index (χ2v) is 4.57. The van der Waals surface area contributed by atoms with Crippen LogP contribution in [0.1, 0.15) is 32.4 Å². The van der Waals surface area contributed by atoms with Crippen LogP contribution >= 0.6 is 0 Å². The van der Waals surface area contributed by atoms with Gasteiger partial charge in [0.05, 0.1) is 6.10 Å². The molecule has 0 radical (unpaired) electrons. The van der Waals surface area contributed by atoms with Crippen LogP contribution in [0.25, 0.3) is 0 Å². The molecule has 2 unspecified atom stereocenters. The molecule has 82 valence electrons. The van der Waals surface area contributed by atoms with E-state index in [9.17, 15) is 5.11 Å². The smallest absolute Gasteiger partial charge is 0.115 e. The minimum Gasteiger partial charge on any atom is -0.508 e. The molecule has 1 aromatic rings. The fourth-order valence-electron chi connectivity index (χ4n) is 2.10. The molecule has 0 spiro atoms. The third-order valence-electron chi connectivity index (χ3n) is 2.67. The monoisotopic (exact) mass is 207 g/mol. The molecule has 0 bridgehead atoms. The molecular weight excluding hydrogens is 190 g/mol. The van der Waals surface area contributed by atoms with Gasteiger partial charge in [0.15, 0.2) is 0 Å². The van der Waals surface area contributed by atoms with Crippen molar-refractivity contribution in [1.82, 2.24) is 5.32 Å². The fraction of sp³-hybridized carbons (Fsp3) is 0.500. The zero-order valence-electron chi connectivity index (χ0n) is 9.32. The standard InChI is InChI=1S/C12H17NO2/c1-8-11(15-12(2,3)13-8)9-4-6-10(14)7-5-9/h4-8,11,13-14H,1-3H3. The van der Waals surface area contributed by atoms with Crippen molar-refractivity contribution in [1.29, 1.82) is 0 Å². The summed E-state index contributed by atoms with van der Waals surface area (Å²) < 4.78 is 5.89. The average Bonchev–Trinajstić information content (AvgIpc) is 2.41. The molecule has 1 aliphatic rings. The number of phenolic OH excluding ortho intramolecular Hbond substituents is 1. The van der Waals surface area contributed by atoms with E-state index in [0.29, 0.717) is 0 Å². The van der Waals surface area contributed by atoms with E-state index in [1.165, 1.54) is 0 Å². The van der Waals surface area contributed by atoms with Crippen LogP contribution in [-0.4, -0.2) is 16.9 Å². The highest BCUT2D eigenvalue weighted by atomic mass is 16.5. The van der Waals surface area contributed by atoms with Gasteiger partial charge in [-0.1, -0.05) is 12.1 Å². The molecule has 0 saturated carbocycles. The minimum atomic E-state index is -0.276. The Labute approximate surface area is 90.1 Å². The summed E-state index contributed by atoms with van der Waals surface area (Å²) in [5.74, 6) is 0.289. The van der Waals surface area contributed by atoms with E-state index < -0.39 is 0 Å². The van der Waals surface area contributed by atoms with Crippen LogP contribution in [0.15, 0.2) is 24.3 Å². The summed E-state index contributed by atoms with van der Waals surface area (Å²) in [6.45, 7) is 6.14. The SMILES string of the molecule is CC1NC(C)(C)OC1c1ccc(O)cc1. The Hall–Kier alpha value is -1.06. The lowest BCUT2D eigenvalue weighted by atomic mass is 10.0. The summed E-state index contributed by atoms with van der Waals surface area (Å²) in [5, 5.41) is 12.6. The fourth-order valence-corrected chi connectivity index (χ4v) is 2.10. The lowest BCUT2D eigenvalue weighted by Gasteiger charge is -2.18. The average molecular weight is 207 g/mol. The molecule has 2 atom stereocenters. The zero-order valence-corrected chi connectivity index (χ0v) is 9.32. The largest absolute Gasteiger partial charge is 0.508 e. The Balaban J connectivity index is 2.21. The molecule has 15 heavy (non-hydrogen) atoms. The van der Waals surface area contributed by atoms with Crippen molar-refractivity contribution >= 4 is 0 Å². The lowest BCUT2D eigenvalue weighted by molar-refractivity contribution is -0.0259. The van der Waals surface area contributed by atoms with Gasteiger partial charge in [0.25, 0.3) is 0 Å². The minimum absolute atomic E-state index is 0.0561. The first kappa shape index (κ1) is 10.5. The van der Waals surface area contributed by atoms with Gasteiger partial charge in [-0.2, -0.15) is 0 Å². The van der Waals surface area contributed by atoms with Crippen molar-refractivity contribution in [2.75, 3.05) is 0 Å². The van der Waals surface area contributed by atoms with Gasteiger partial charge in [0, 0.05) is 6.04 Å². The van der Waals surface area contributed by atoms with Crippen molar-refractivity contribution in [2.24, 2.45) is 0 Å². The second-order valence-electron chi connectivity index (χ2n) is 4.57. The van der Waals surface area contributed by atoms with Gasteiger partial charge in [0.2, 0.25) is 0 Å². The molecule has 0 amide bonds. The summed E-state index contributed by atoms with van der Waals surface area (Å²) in [4.78, 5) is 0. The van der Waals surface area contributed by atoms with Gasteiger partial charge < -0.3 is 9.84 Å². The molecule has 2 N–H and O–H groups in total. The van der Waals surface area contributed by atoms with Gasteiger partial charge in [-0.3, -0.25) is 5.32 Å². The number of benzene rings is 1. The number of hydrogen-bond acceptors (Lipinski definition) is 3. The molecule has 1 aromatic carbocycles. The molecule has 1 fully saturated rings. The van der Waals surface area contributed by atoms with Crippen molar-refractivity contribution in [3.63, 3.8) is 0 Å². The molecule has 3 heteroatoms. The van der Waals surface area contributed by atoms with Crippen LogP contribution < -0.4 is 5.32 Å². The van der Waals surface area contributed by atoms with Gasteiger partial charge in [-0.05, 0) is 38.5 Å². The van der Waals surface area contributed by atoms with Crippen molar-refractivity contribution in [3.8, 4) is 5.75 Å². The van der Waals surface area contributed by atoms with E-state index >= 15 is 0 Å². The molecule has 1 aliphatic heterocycles. The molecule has 0 aliphatic carbocycles. The van der Waals surface area contributed by atoms with Gasteiger partial charge >= 0.3 is 0 Å². The maximum Gasteiger partial charge on any atom is 0.115 e. The normalized spacial score (nSPS) is 29.3. The Morgan fingerprint density at radius 3 is 2.33 bits per heavy atom. The van der Waals surface area contributed by atoms with Crippen LogP contribution in [-0.2, 0) is 4.74 Å². The Morgan fingerprint density at radius 2 is 1.87 bits per heavy atom. The third-order valence-corrected chi connectivity index (χ3v) is 2.67. The molecular formula is C12H17NO2. The highest BCUT2D eigenvalue weighted by Gasteiger charge is 2.37. The molecule has 1 saturated heterocycles. The second kappa shape index (κ2) is 3.51. The van der Waals surface area contributed by atoms with E-state index in [2.05, 4.69) is 12.2 Å². The van der Waals surface area contributed by atoms with Crippen LogP contribution in [0.3, 0.4) is 0 Å². The number of phenols is 1. The van der Waals surface area contributed by atoms with Crippen LogP contribution in [0.5, 0.6) is 5.75 Å². The van der Waals surface area contributed by atoms with Crippen LogP contribution in [0.2, 0.25) is 0 Å². The van der Waals surface area contributed by atoms with Crippen molar-refractivity contribution in [2.45, 2.75) is 38.6 Å². The topological polar surface area (TPSA) is 41.5 Å². The number of rotatable bonds is 1. The summed E-state index contributed by atoms with van der Waals surface area (Å²) in [5.41, 5.74) is 0.820. The van der Waals surface area contributed by atoms with E-state index in [1.807, 2.05) is 26.0 Å². The quantitative estimate of drug-likeness (QED) is 0.741. The number of hydrogen-bond donors (Lipinski definition) is 2. The predicted octanol–water partition coefficient (Wildman–Crippen LogP) is 2.18. The Kier molecular flexibility index (Phi) is 2.44. The summed E-state index contributed by atoms with van der Waals surface area (Å²) in [6.07, 6.45) is 0.0561. The first-order chi connectivity index (χ1) is 6.98.